The van der Waals surface area contributed by atoms with Crippen LogP contribution in [0.3, 0.4) is 0 Å². The van der Waals surface area contributed by atoms with Crippen molar-refractivity contribution in [3.63, 3.8) is 0 Å². The largest absolute Gasteiger partial charge is 0.480 e. The van der Waals surface area contributed by atoms with Gasteiger partial charge in [0.2, 0.25) is 5.91 Å². The van der Waals surface area contributed by atoms with E-state index in [9.17, 15) is 24.3 Å². The number of fused-ring (bicyclic) bond motifs is 1. The first-order valence-corrected chi connectivity index (χ1v) is 9.02. The number of carboxylic acids is 1. The molecule has 0 bridgehead atoms. The van der Waals surface area contributed by atoms with Gasteiger partial charge in [0.15, 0.2) is 0 Å². The van der Waals surface area contributed by atoms with Crippen LogP contribution in [0, 0.1) is 0 Å². The van der Waals surface area contributed by atoms with E-state index in [-0.39, 0.29) is 17.4 Å². The summed E-state index contributed by atoms with van der Waals surface area (Å²) in [7, 11) is 1.15. The van der Waals surface area contributed by atoms with Gasteiger partial charge in [-0.15, -0.1) is 23.1 Å². The molecule has 1 fully saturated rings. The average molecular weight is 382 g/mol. The van der Waals surface area contributed by atoms with Crippen LogP contribution in [0.15, 0.2) is 29.3 Å². The van der Waals surface area contributed by atoms with Gasteiger partial charge in [0.05, 0.1) is 17.7 Å². The number of ether oxygens (including phenoxy) is 1. The van der Waals surface area contributed by atoms with E-state index in [0.717, 1.165) is 18.9 Å². The molecule has 3 atom stereocenters. The van der Waals surface area contributed by atoms with Gasteiger partial charge in [-0.1, -0.05) is 0 Å². The summed E-state index contributed by atoms with van der Waals surface area (Å²) >= 11 is 2.26. The zero-order chi connectivity index (χ0) is 18.3. The van der Waals surface area contributed by atoms with Crippen molar-refractivity contribution in [1.29, 1.82) is 0 Å². The van der Waals surface area contributed by atoms with Crippen LogP contribution in [0.25, 0.3) is 0 Å². The van der Waals surface area contributed by atoms with Crippen LogP contribution >= 0.6 is 23.1 Å². The van der Waals surface area contributed by atoms with Gasteiger partial charge in [0.25, 0.3) is 5.91 Å². The number of anilines is 1. The third-order valence-corrected chi connectivity index (χ3v) is 6.25. The minimum atomic E-state index is -1.20. The molecule has 25 heavy (non-hydrogen) atoms. The number of thioether (sulfide) groups is 1. The van der Waals surface area contributed by atoms with Crippen LogP contribution in [0.5, 0.6) is 0 Å². The quantitative estimate of drug-likeness (QED) is 0.609. The third kappa shape index (κ3) is 2.81. The molecule has 2 aliphatic heterocycles. The number of carbonyl (C=O) groups excluding carboxylic acids is 3. The highest BCUT2D eigenvalue weighted by molar-refractivity contribution is 8.01. The monoisotopic (exact) mass is 382 g/mol. The highest BCUT2D eigenvalue weighted by Crippen LogP contribution is 2.44. The predicted octanol–water partition coefficient (Wildman–Crippen LogP) is 0.895. The Balaban J connectivity index is 1.95. The first-order valence-electron chi connectivity index (χ1n) is 7.20. The fourth-order valence-corrected chi connectivity index (χ4v) is 4.97. The summed E-state index contributed by atoms with van der Waals surface area (Å²) in [6, 6.07) is 2.68. The zero-order valence-electron chi connectivity index (χ0n) is 13.2. The van der Waals surface area contributed by atoms with Crippen molar-refractivity contribution in [3.8, 4) is 0 Å². The van der Waals surface area contributed by atoms with E-state index in [4.69, 9.17) is 0 Å². The van der Waals surface area contributed by atoms with Crippen molar-refractivity contribution < 1.29 is 29.0 Å². The molecule has 8 nitrogen and oxygen atoms in total. The molecule has 0 aromatic carbocycles. The molecule has 1 saturated heterocycles. The predicted molar refractivity (Wildman–Crippen MR) is 91.0 cm³/mol. The summed E-state index contributed by atoms with van der Waals surface area (Å²) < 4.78 is 4.60. The Labute approximate surface area is 151 Å². The number of carboxylic acid groups (broad SMARTS) is 1. The Bertz CT molecular complexity index is 775. The number of aliphatic carboxylic acids is 1. The SMILES string of the molecule is COC(=O)C1=CN2C(=O)C(N(C(C)=O)c3cccs3)[C@H]2SC1C(=O)O. The number of carbonyl (C=O) groups is 4. The summed E-state index contributed by atoms with van der Waals surface area (Å²) in [6.07, 6.45) is 1.22. The third-order valence-electron chi connectivity index (χ3n) is 3.89. The lowest BCUT2D eigenvalue weighted by Gasteiger charge is -2.51. The smallest absolute Gasteiger partial charge is 0.336 e. The van der Waals surface area contributed by atoms with E-state index < -0.39 is 28.6 Å². The highest BCUT2D eigenvalue weighted by atomic mass is 32.2. The molecule has 0 spiro atoms. The van der Waals surface area contributed by atoms with Gasteiger partial charge < -0.3 is 14.7 Å². The van der Waals surface area contributed by atoms with E-state index in [1.165, 1.54) is 34.3 Å². The molecule has 0 radical (unpaired) electrons. The second-order valence-corrected chi connectivity index (χ2v) is 7.50. The van der Waals surface area contributed by atoms with Gasteiger partial charge in [0.1, 0.15) is 16.7 Å². The van der Waals surface area contributed by atoms with E-state index in [1.807, 2.05) is 0 Å². The van der Waals surface area contributed by atoms with Crippen molar-refractivity contribution in [1.82, 2.24) is 4.90 Å². The highest BCUT2D eigenvalue weighted by Gasteiger charge is 2.56. The maximum atomic E-state index is 12.5. The van der Waals surface area contributed by atoms with Crippen LogP contribution < -0.4 is 4.90 Å². The molecule has 10 heteroatoms. The molecule has 1 aromatic heterocycles. The van der Waals surface area contributed by atoms with E-state index in [2.05, 4.69) is 4.74 Å². The van der Waals surface area contributed by atoms with E-state index in [1.54, 1.807) is 17.5 Å². The molecular formula is C15H14N2O6S2. The normalized spacial score (nSPS) is 24.7. The minimum absolute atomic E-state index is 0.103. The number of hydrogen-bond acceptors (Lipinski definition) is 7. The maximum Gasteiger partial charge on any atom is 0.336 e. The Morgan fingerprint density at radius 1 is 1.36 bits per heavy atom. The summed E-state index contributed by atoms with van der Waals surface area (Å²) in [5.74, 6) is -2.68. The molecule has 1 aromatic rings. The Hall–Kier alpha value is -2.33. The summed E-state index contributed by atoms with van der Waals surface area (Å²) in [4.78, 5) is 50.6. The Kier molecular flexibility index (Phi) is 4.56. The van der Waals surface area contributed by atoms with Crippen LogP contribution in [-0.4, -0.2) is 57.5 Å². The molecule has 0 saturated carbocycles. The fraction of sp³-hybridized carbons (Fsp3) is 0.333. The fourth-order valence-electron chi connectivity index (χ4n) is 2.78. The molecule has 3 rings (SSSR count). The molecule has 132 valence electrons. The van der Waals surface area contributed by atoms with Gasteiger partial charge in [-0.05, 0) is 17.5 Å². The van der Waals surface area contributed by atoms with Crippen LogP contribution in [-0.2, 0) is 23.9 Å². The lowest BCUT2D eigenvalue weighted by atomic mass is 10.0. The Morgan fingerprint density at radius 2 is 2.08 bits per heavy atom. The van der Waals surface area contributed by atoms with Crippen molar-refractivity contribution in [2.75, 3.05) is 12.0 Å². The Morgan fingerprint density at radius 3 is 2.60 bits per heavy atom. The first-order chi connectivity index (χ1) is 11.9. The average Bonchev–Trinajstić information content (AvgIpc) is 3.10. The number of rotatable bonds is 4. The van der Waals surface area contributed by atoms with Crippen molar-refractivity contribution >= 4 is 51.9 Å². The summed E-state index contributed by atoms with van der Waals surface area (Å²) in [6.45, 7) is 1.35. The molecular weight excluding hydrogens is 368 g/mol. The number of hydrogen-bond donors (Lipinski definition) is 1. The van der Waals surface area contributed by atoms with Crippen LogP contribution in [0.2, 0.25) is 0 Å². The summed E-state index contributed by atoms with van der Waals surface area (Å²) in [5, 5.41) is 10.1. The number of methoxy groups -OCH3 is 1. The van der Waals surface area contributed by atoms with Crippen LogP contribution in [0.4, 0.5) is 5.00 Å². The van der Waals surface area contributed by atoms with Crippen LogP contribution in [0.1, 0.15) is 6.92 Å². The molecule has 0 aliphatic carbocycles. The van der Waals surface area contributed by atoms with Gasteiger partial charge in [-0.25, -0.2) is 4.79 Å². The van der Waals surface area contributed by atoms with Crippen molar-refractivity contribution in [3.05, 3.63) is 29.3 Å². The van der Waals surface area contributed by atoms with Gasteiger partial charge >= 0.3 is 11.9 Å². The molecule has 2 unspecified atom stereocenters. The maximum absolute atomic E-state index is 12.5. The first kappa shape index (κ1) is 17.5. The van der Waals surface area contributed by atoms with E-state index in [0.29, 0.717) is 5.00 Å². The molecule has 2 aliphatic rings. The molecule has 1 N–H and O–H groups in total. The van der Waals surface area contributed by atoms with Gasteiger partial charge in [0, 0.05) is 13.1 Å². The number of amides is 2. The topological polar surface area (TPSA) is 104 Å². The van der Waals surface area contributed by atoms with E-state index >= 15 is 0 Å². The number of nitrogens with zero attached hydrogens (tertiary/aromatic N) is 2. The second kappa shape index (κ2) is 6.52. The lowest BCUT2D eigenvalue weighted by Crippen LogP contribution is -2.70. The number of thiophene rings is 1. The van der Waals surface area contributed by atoms with Gasteiger partial charge in [-0.2, -0.15) is 0 Å². The van der Waals surface area contributed by atoms with Crippen molar-refractivity contribution in [2.24, 2.45) is 0 Å². The second-order valence-electron chi connectivity index (χ2n) is 5.35. The molecule has 2 amide bonds. The number of β-lactam (4-membered cyclic amide) rings is 1. The lowest BCUT2D eigenvalue weighted by molar-refractivity contribution is -0.144. The zero-order valence-corrected chi connectivity index (χ0v) is 14.9. The van der Waals surface area contributed by atoms with Gasteiger partial charge in [-0.3, -0.25) is 19.3 Å². The minimum Gasteiger partial charge on any atom is -0.480 e. The standard InChI is InChI=1S/C15H14N2O6S2/c1-7(18)17(9-4-3-5-24-9)10-12(19)16-6-8(15(22)23-2)11(14(20)21)25-13(10)16/h3-6,10-11,13H,1-2H3,(H,20,21)/t10?,11?,13-/m1/s1. The summed E-state index contributed by atoms with van der Waals surface area (Å²) in [5.41, 5.74) is -0.103. The van der Waals surface area contributed by atoms with Crippen molar-refractivity contribution in [2.45, 2.75) is 23.6 Å². The molecule has 3 heterocycles. The number of esters is 1.